The van der Waals surface area contributed by atoms with Crippen molar-refractivity contribution in [1.82, 2.24) is 9.80 Å². The fourth-order valence-corrected chi connectivity index (χ4v) is 4.72. The van der Waals surface area contributed by atoms with E-state index in [2.05, 4.69) is 74.3 Å². The maximum absolute atomic E-state index is 6.47. The number of rotatable bonds is 4. The Morgan fingerprint density at radius 1 is 0.838 bits per heavy atom. The van der Waals surface area contributed by atoms with Crippen LogP contribution in [-0.2, 0) is 0 Å². The van der Waals surface area contributed by atoms with Crippen molar-refractivity contribution in [1.29, 1.82) is 0 Å². The first-order valence-corrected chi connectivity index (χ1v) is 12.6. The second-order valence-electron chi connectivity index (χ2n) is 9.55. The van der Waals surface area contributed by atoms with Crippen molar-refractivity contribution in [2.75, 3.05) is 7.05 Å². The van der Waals surface area contributed by atoms with Crippen LogP contribution >= 0.6 is 0 Å². The number of allylic oxidation sites excluding steroid dienone is 4. The van der Waals surface area contributed by atoms with Crippen LogP contribution in [0.1, 0.15) is 26.3 Å². The lowest BCUT2D eigenvalue weighted by Crippen LogP contribution is -2.43. The van der Waals surface area contributed by atoms with E-state index in [4.69, 9.17) is 14.4 Å². The van der Waals surface area contributed by atoms with Gasteiger partial charge >= 0.3 is 6.85 Å². The molecule has 0 unspecified atom stereocenters. The predicted octanol–water partition coefficient (Wildman–Crippen LogP) is 5.60. The average molecular weight is 489 g/mol. The molecule has 5 rings (SSSR count). The van der Waals surface area contributed by atoms with E-state index in [0.29, 0.717) is 0 Å². The van der Waals surface area contributed by atoms with E-state index in [0.717, 1.165) is 50.8 Å². The summed E-state index contributed by atoms with van der Waals surface area (Å²) in [5.41, 5.74) is 5.14. The summed E-state index contributed by atoms with van der Waals surface area (Å²) >= 11 is 0. The molecule has 3 aromatic carbocycles. The van der Waals surface area contributed by atoms with Gasteiger partial charge in [-0.15, -0.1) is 0 Å². The van der Waals surface area contributed by atoms with Gasteiger partial charge in [0.15, 0.2) is 0 Å². The minimum Gasteiger partial charge on any atom is -0.462 e. The number of nitrogens with zero attached hydrogens (tertiary/aromatic N) is 3. The van der Waals surface area contributed by atoms with Crippen molar-refractivity contribution in [3.05, 3.63) is 114 Å². The summed E-state index contributed by atoms with van der Waals surface area (Å²) in [6.07, 6.45) is 8.44. The van der Waals surface area contributed by atoms with Gasteiger partial charge in [0.1, 0.15) is 29.2 Å². The van der Waals surface area contributed by atoms with Gasteiger partial charge in [0.25, 0.3) is 0 Å². The lowest BCUT2D eigenvalue weighted by molar-refractivity contribution is 0.239. The molecular formula is C31H32BN3O2. The molecule has 6 heteroatoms. The molecule has 186 valence electrons. The predicted molar refractivity (Wildman–Crippen MR) is 153 cm³/mol. The Balaban J connectivity index is 1.65. The zero-order valence-corrected chi connectivity index (χ0v) is 22.1. The fourth-order valence-electron chi connectivity index (χ4n) is 4.72. The Labute approximate surface area is 220 Å². The number of hydrogen-bond acceptors (Lipinski definition) is 5. The summed E-state index contributed by atoms with van der Waals surface area (Å²) in [4.78, 5) is 9.63. The molecule has 0 amide bonds. The molecule has 0 saturated heterocycles. The molecule has 0 aromatic heterocycles. The molecule has 0 fully saturated rings. The van der Waals surface area contributed by atoms with E-state index in [9.17, 15) is 0 Å². The number of aryl methyl sites for hydroxylation is 1. The molecule has 0 N–H and O–H groups in total. The Morgan fingerprint density at radius 2 is 1.51 bits per heavy atom. The summed E-state index contributed by atoms with van der Waals surface area (Å²) in [7, 11) is 2.08. The lowest BCUT2D eigenvalue weighted by Gasteiger charge is -2.29. The third kappa shape index (κ3) is 5.05. The van der Waals surface area contributed by atoms with Crippen LogP contribution in [-0.4, -0.2) is 36.1 Å². The zero-order valence-electron chi connectivity index (χ0n) is 22.1. The van der Waals surface area contributed by atoms with Crippen LogP contribution in [0.25, 0.3) is 0 Å². The topological polar surface area (TPSA) is 37.3 Å². The van der Waals surface area contributed by atoms with Gasteiger partial charge in [-0.2, -0.15) is 0 Å². The first kappa shape index (κ1) is 24.5. The van der Waals surface area contributed by atoms with E-state index in [1.54, 1.807) is 0 Å². The third-order valence-corrected chi connectivity index (χ3v) is 6.91. The van der Waals surface area contributed by atoms with Gasteiger partial charge in [-0.25, -0.2) is 0 Å². The monoisotopic (exact) mass is 489 g/mol. The Hall–Kier alpha value is -4.19. The van der Waals surface area contributed by atoms with Crippen molar-refractivity contribution < 1.29 is 9.47 Å². The summed E-state index contributed by atoms with van der Waals surface area (Å²) < 4.78 is 12.9. The molecule has 0 bridgehead atoms. The number of benzene rings is 3. The quantitative estimate of drug-likeness (QED) is 0.448. The van der Waals surface area contributed by atoms with Crippen LogP contribution in [0.3, 0.4) is 0 Å². The first-order valence-electron chi connectivity index (χ1n) is 12.6. The minimum atomic E-state index is -0.329. The number of ether oxygens (including phenoxy) is 2. The number of para-hydroxylation sites is 3. The molecule has 37 heavy (non-hydrogen) atoms. The largest absolute Gasteiger partial charge is 0.462 e. The fraction of sp³-hybridized carbons (Fsp3) is 0.194. The molecule has 3 aromatic rings. The maximum atomic E-state index is 6.47. The van der Waals surface area contributed by atoms with E-state index in [1.807, 2.05) is 67.7 Å². The molecule has 0 aliphatic carbocycles. The van der Waals surface area contributed by atoms with Crippen LogP contribution in [0.2, 0.25) is 0 Å². The molecule has 1 atom stereocenters. The normalized spacial score (nSPS) is 21.7. The highest BCUT2D eigenvalue weighted by molar-refractivity contribution is 6.85. The van der Waals surface area contributed by atoms with Gasteiger partial charge in [0.2, 0.25) is 0 Å². The average Bonchev–Trinajstić information content (AvgIpc) is 3.22. The van der Waals surface area contributed by atoms with Crippen molar-refractivity contribution in [2.45, 2.75) is 33.9 Å². The highest BCUT2D eigenvalue weighted by Crippen LogP contribution is 2.26. The van der Waals surface area contributed by atoms with Crippen LogP contribution in [0, 0.1) is 6.92 Å². The summed E-state index contributed by atoms with van der Waals surface area (Å²) in [6.45, 7) is 8.00. The van der Waals surface area contributed by atoms with Crippen molar-refractivity contribution >= 4 is 24.0 Å². The van der Waals surface area contributed by atoms with Crippen LogP contribution in [0.5, 0.6) is 17.2 Å². The molecule has 0 radical (unpaired) electrons. The molecule has 2 heterocycles. The van der Waals surface area contributed by atoms with Crippen LogP contribution < -0.4 is 20.4 Å². The first-order chi connectivity index (χ1) is 17.9. The van der Waals surface area contributed by atoms with Gasteiger partial charge in [0.05, 0.1) is 5.70 Å². The van der Waals surface area contributed by atoms with Crippen LogP contribution in [0.15, 0.2) is 113 Å². The molecule has 2 aliphatic rings. The zero-order chi connectivity index (χ0) is 25.9. The standard InChI is InChI=1S/C31H32BN3O2/c1-22-12-6-9-15-29(22)37-31-17-11-8-14-27(31)32-26-13-7-10-16-30(26)36-24(3)20-23(2)28(21-33-32)35-19-18-34(5)25(35)4/h6-21,25H,1-5H3/b24-20+,28-23+,33-21+/t25-/m0/s1. The van der Waals surface area contributed by atoms with Gasteiger partial charge in [0, 0.05) is 25.7 Å². The van der Waals surface area contributed by atoms with Crippen molar-refractivity contribution in [3.8, 4) is 17.2 Å². The van der Waals surface area contributed by atoms with E-state index in [-0.39, 0.29) is 13.0 Å². The number of hydrogen-bond donors (Lipinski definition) is 0. The molecule has 0 saturated carbocycles. The maximum Gasteiger partial charge on any atom is 0.351 e. The summed E-state index contributed by atoms with van der Waals surface area (Å²) in [5, 5.41) is 0. The summed E-state index contributed by atoms with van der Waals surface area (Å²) in [5.74, 6) is 3.21. The lowest BCUT2D eigenvalue weighted by atomic mass is 9.51. The second-order valence-corrected chi connectivity index (χ2v) is 9.55. The van der Waals surface area contributed by atoms with Crippen molar-refractivity contribution in [3.63, 3.8) is 0 Å². The molecule has 5 nitrogen and oxygen atoms in total. The van der Waals surface area contributed by atoms with Crippen LogP contribution in [0.4, 0.5) is 0 Å². The Kier molecular flexibility index (Phi) is 6.91. The SMILES string of the molecule is C\C1=C/C(C)=C(N2C=CN(C)[C@@H]2C)\C=N\B(c2ccccc2Oc2ccccc2C)c2ccccc2O1. The molecular weight excluding hydrogens is 457 g/mol. The van der Waals surface area contributed by atoms with Gasteiger partial charge in [-0.1, -0.05) is 54.6 Å². The highest BCUT2D eigenvalue weighted by atomic mass is 16.5. The Bertz CT molecular complexity index is 1430. The van der Waals surface area contributed by atoms with E-state index < -0.39 is 0 Å². The second kappa shape index (κ2) is 10.4. The smallest absolute Gasteiger partial charge is 0.351 e. The highest BCUT2D eigenvalue weighted by Gasteiger charge is 2.29. The van der Waals surface area contributed by atoms with Gasteiger partial charge in [-0.3, -0.25) is 0 Å². The Morgan fingerprint density at radius 3 is 2.24 bits per heavy atom. The van der Waals surface area contributed by atoms with Gasteiger partial charge in [-0.05, 0) is 74.0 Å². The minimum absolute atomic E-state index is 0.177. The van der Waals surface area contributed by atoms with Gasteiger partial charge < -0.3 is 24.2 Å². The van der Waals surface area contributed by atoms with E-state index >= 15 is 0 Å². The summed E-state index contributed by atoms with van der Waals surface area (Å²) in [6, 6.07) is 24.3. The molecule has 0 spiro atoms. The number of fused-ring (bicyclic) bond motifs is 1. The third-order valence-electron chi connectivity index (χ3n) is 6.91. The molecule has 2 aliphatic heterocycles. The van der Waals surface area contributed by atoms with E-state index in [1.165, 1.54) is 0 Å². The van der Waals surface area contributed by atoms with Crippen molar-refractivity contribution in [2.24, 2.45) is 4.90 Å².